The van der Waals surface area contributed by atoms with Crippen LogP contribution >= 0.6 is 0 Å². The normalized spacial score (nSPS) is 30.0. The molecule has 150 valence electrons. The van der Waals surface area contributed by atoms with Crippen molar-refractivity contribution < 1.29 is 4.74 Å². The molecule has 2 N–H and O–H groups in total. The van der Waals surface area contributed by atoms with Crippen LogP contribution in [0.4, 0.5) is 5.82 Å². The van der Waals surface area contributed by atoms with E-state index in [9.17, 15) is 0 Å². The summed E-state index contributed by atoms with van der Waals surface area (Å²) in [5, 5.41) is 0. The second kappa shape index (κ2) is 6.85. The van der Waals surface area contributed by atoms with Gasteiger partial charge >= 0.3 is 0 Å². The van der Waals surface area contributed by atoms with Crippen LogP contribution in [-0.4, -0.2) is 51.8 Å². The minimum atomic E-state index is 0.410. The van der Waals surface area contributed by atoms with E-state index < -0.39 is 0 Å². The van der Waals surface area contributed by atoms with Gasteiger partial charge in [0.25, 0.3) is 0 Å². The van der Waals surface area contributed by atoms with Crippen molar-refractivity contribution in [3.63, 3.8) is 0 Å². The Morgan fingerprint density at radius 2 is 1.89 bits per heavy atom. The topological polar surface area (TPSA) is 69.2 Å². The molecule has 28 heavy (non-hydrogen) atoms. The van der Waals surface area contributed by atoms with E-state index in [4.69, 9.17) is 15.5 Å². The van der Waals surface area contributed by atoms with Crippen LogP contribution in [0.15, 0.2) is 18.5 Å². The minimum Gasteiger partial charge on any atom is -0.383 e. The fourth-order valence-electron chi connectivity index (χ4n) is 5.37. The molecule has 0 spiro atoms. The Morgan fingerprint density at radius 3 is 2.54 bits per heavy atom. The van der Waals surface area contributed by atoms with Crippen LogP contribution < -0.4 is 5.73 Å². The number of hydrogen-bond donors (Lipinski definition) is 1. The third-order valence-electron chi connectivity index (χ3n) is 6.95. The summed E-state index contributed by atoms with van der Waals surface area (Å²) in [5.74, 6) is 3.82. The lowest BCUT2D eigenvalue weighted by molar-refractivity contribution is 0.0146. The molecule has 1 aliphatic heterocycles. The van der Waals surface area contributed by atoms with Gasteiger partial charge in [-0.25, -0.2) is 9.97 Å². The second-order valence-corrected chi connectivity index (χ2v) is 9.06. The minimum absolute atomic E-state index is 0.410. The Morgan fingerprint density at radius 1 is 1.18 bits per heavy atom. The van der Waals surface area contributed by atoms with E-state index in [0.29, 0.717) is 17.8 Å². The first-order chi connectivity index (χ1) is 13.5. The molecule has 1 unspecified atom stereocenters. The molecule has 0 radical (unpaired) electrons. The summed E-state index contributed by atoms with van der Waals surface area (Å²) in [4.78, 5) is 12.0. The number of morpholine rings is 1. The average molecular weight is 382 g/mol. The van der Waals surface area contributed by atoms with Crippen molar-refractivity contribution in [2.45, 2.75) is 51.6 Å². The number of hydrogen-bond acceptors (Lipinski definition) is 5. The highest BCUT2D eigenvalue weighted by atomic mass is 16.5. The third kappa shape index (κ3) is 3.03. The SMILES string of the molecule is Cc1cc(-c2cn([C@H]3[C@@H]4CC(N5CCOCC5)C[C@@H]43)c(C(C)C)n2)cnc1N. The smallest absolute Gasteiger partial charge is 0.126 e. The van der Waals surface area contributed by atoms with E-state index in [1.54, 1.807) is 0 Å². The maximum absolute atomic E-state index is 5.90. The summed E-state index contributed by atoms with van der Waals surface area (Å²) in [7, 11) is 0. The number of aryl methyl sites for hydroxylation is 1. The largest absolute Gasteiger partial charge is 0.383 e. The zero-order chi connectivity index (χ0) is 19.4. The number of nitrogens with zero attached hydrogens (tertiary/aromatic N) is 4. The molecule has 6 nitrogen and oxygen atoms in total. The molecular formula is C22H31N5O. The number of fused-ring (bicyclic) bond motifs is 1. The second-order valence-electron chi connectivity index (χ2n) is 9.06. The molecule has 3 heterocycles. The van der Waals surface area contributed by atoms with Gasteiger partial charge in [0.05, 0.1) is 18.9 Å². The number of nitrogens with two attached hydrogens (primary N) is 1. The van der Waals surface area contributed by atoms with Crippen LogP contribution in [-0.2, 0) is 4.74 Å². The summed E-state index contributed by atoms with van der Waals surface area (Å²) in [6, 6.07) is 3.48. The number of aromatic nitrogens is 3. The van der Waals surface area contributed by atoms with Gasteiger partial charge in [-0.15, -0.1) is 0 Å². The molecule has 5 rings (SSSR count). The van der Waals surface area contributed by atoms with E-state index >= 15 is 0 Å². The van der Waals surface area contributed by atoms with E-state index in [-0.39, 0.29) is 0 Å². The van der Waals surface area contributed by atoms with Crippen LogP contribution in [0.5, 0.6) is 0 Å². The Labute approximate surface area is 167 Å². The van der Waals surface area contributed by atoms with Crippen LogP contribution in [0.3, 0.4) is 0 Å². The lowest BCUT2D eigenvalue weighted by atomic mass is 10.1. The first-order valence-electron chi connectivity index (χ1n) is 10.7. The van der Waals surface area contributed by atoms with Crippen LogP contribution in [0.25, 0.3) is 11.3 Å². The molecule has 3 aliphatic rings. The van der Waals surface area contributed by atoms with Gasteiger partial charge in [-0.05, 0) is 43.2 Å². The van der Waals surface area contributed by atoms with Gasteiger partial charge in [-0.2, -0.15) is 0 Å². The molecule has 6 heteroatoms. The highest BCUT2D eigenvalue weighted by Crippen LogP contribution is 2.62. The molecular weight excluding hydrogens is 350 g/mol. The molecule has 4 atom stereocenters. The molecule has 1 saturated heterocycles. The van der Waals surface area contributed by atoms with Gasteiger partial charge in [0.2, 0.25) is 0 Å². The molecule has 0 amide bonds. The zero-order valence-electron chi connectivity index (χ0n) is 17.1. The van der Waals surface area contributed by atoms with Crippen LogP contribution in [0.2, 0.25) is 0 Å². The zero-order valence-corrected chi connectivity index (χ0v) is 17.1. The number of anilines is 1. The molecule has 0 bridgehead atoms. The highest BCUT2D eigenvalue weighted by Gasteiger charge is 2.58. The molecule has 2 aromatic heterocycles. The quantitative estimate of drug-likeness (QED) is 0.880. The first-order valence-corrected chi connectivity index (χ1v) is 10.7. The van der Waals surface area contributed by atoms with Crippen molar-refractivity contribution in [3.8, 4) is 11.3 Å². The number of pyridine rings is 1. The summed E-state index contributed by atoms with van der Waals surface area (Å²) in [6.07, 6.45) is 6.75. The summed E-state index contributed by atoms with van der Waals surface area (Å²) >= 11 is 0. The van der Waals surface area contributed by atoms with Gasteiger partial charge in [-0.3, -0.25) is 4.90 Å². The predicted octanol–water partition coefficient (Wildman–Crippen LogP) is 3.24. The van der Waals surface area contributed by atoms with Crippen molar-refractivity contribution in [1.29, 1.82) is 0 Å². The van der Waals surface area contributed by atoms with Crippen molar-refractivity contribution in [3.05, 3.63) is 29.8 Å². The number of ether oxygens (including phenoxy) is 1. The first kappa shape index (κ1) is 18.1. The highest BCUT2D eigenvalue weighted by molar-refractivity contribution is 5.61. The van der Waals surface area contributed by atoms with E-state index in [1.807, 2.05) is 13.1 Å². The Bertz CT molecular complexity index is 858. The van der Waals surface area contributed by atoms with Gasteiger partial charge in [0.1, 0.15) is 11.6 Å². The number of imidazole rings is 1. The lowest BCUT2D eigenvalue weighted by Gasteiger charge is -2.33. The molecule has 2 aromatic rings. The maximum Gasteiger partial charge on any atom is 0.126 e. The van der Waals surface area contributed by atoms with Gasteiger partial charge < -0.3 is 15.0 Å². The number of nitrogen functional groups attached to an aromatic ring is 1. The predicted molar refractivity (Wildman–Crippen MR) is 110 cm³/mol. The monoisotopic (exact) mass is 381 g/mol. The van der Waals surface area contributed by atoms with Crippen LogP contribution in [0.1, 0.15) is 50.0 Å². The Hall–Kier alpha value is -1.92. The van der Waals surface area contributed by atoms with Gasteiger partial charge in [-0.1, -0.05) is 13.8 Å². The summed E-state index contributed by atoms with van der Waals surface area (Å²) in [5.41, 5.74) is 8.99. The molecule has 0 aromatic carbocycles. The average Bonchev–Trinajstić information content (AvgIpc) is 3.06. The lowest BCUT2D eigenvalue weighted by Crippen LogP contribution is -2.43. The number of rotatable bonds is 4. The Kier molecular flexibility index (Phi) is 4.43. The van der Waals surface area contributed by atoms with Crippen LogP contribution in [0, 0.1) is 18.8 Å². The van der Waals surface area contributed by atoms with Gasteiger partial charge in [0.15, 0.2) is 0 Å². The third-order valence-corrected chi connectivity index (χ3v) is 6.95. The fraction of sp³-hybridized carbons (Fsp3) is 0.636. The van der Waals surface area contributed by atoms with Crippen molar-refractivity contribution in [2.75, 3.05) is 32.0 Å². The molecule has 3 fully saturated rings. The van der Waals surface area contributed by atoms with Crippen molar-refractivity contribution >= 4 is 5.82 Å². The maximum atomic E-state index is 5.90. The van der Waals surface area contributed by atoms with Crippen molar-refractivity contribution in [2.24, 2.45) is 11.8 Å². The summed E-state index contributed by atoms with van der Waals surface area (Å²) < 4.78 is 8.01. The van der Waals surface area contributed by atoms with E-state index in [0.717, 1.165) is 61.0 Å². The fourth-order valence-corrected chi connectivity index (χ4v) is 5.37. The standard InChI is InChI=1S/C22H31N5O/c1-13(2)22-25-19(15-8-14(3)21(23)24-11-15)12-27(22)20-17-9-16(10-18(17)20)26-4-6-28-7-5-26/h8,11-13,16-18,20H,4-7,9-10H2,1-3H3,(H2,23,24)/t16?,17-,18+,20+. The van der Waals surface area contributed by atoms with E-state index in [1.165, 1.54) is 18.7 Å². The summed E-state index contributed by atoms with van der Waals surface area (Å²) in [6.45, 7) is 10.5. The van der Waals surface area contributed by atoms with Gasteiger partial charge in [0, 0.05) is 49.0 Å². The molecule has 2 saturated carbocycles. The van der Waals surface area contributed by atoms with Crippen molar-refractivity contribution in [1.82, 2.24) is 19.4 Å². The molecule has 2 aliphatic carbocycles. The Balaban J connectivity index is 1.36. The van der Waals surface area contributed by atoms with E-state index in [2.05, 4.69) is 40.6 Å².